The zero-order chi connectivity index (χ0) is 8.97. The second-order valence-corrected chi connectivity index (χ2v) is 2.12. The van der Waals surface area contributed by atoms with Gasteiger partial charge in [-0.15, -0.1) is 0 Å². The Balaban J connectivity index is 2.59. The van der Waals surface area contributed by atoms with E-state index in [1.54, 1.807) is 0 Å². The topological polar surface area (TPSA) is 51.1 Å². The lowest BCUT2D eigenvalue weighted by molar-refractivity contribution is 0.142. The minimum atomic E-state index is -0.421. The third kappa shape index (κ3) is 1.75. The Kier molecular flexibility index (Phi) is 2.68. The number of ether oxygens (including phenoxy) is 2. The maximum absolute atomic E-state index is 11.0. The van der Waals surface area contributed by atoms with Crippen LogP contribution in [0.4, 0.5) is 4.79 Å². The van der Waals surface area contributed by atoms with Crippen molar-refractivity contribution in [1.29, 1.82) is 0 Å². The molecule has 0 bridgehead atoms. The highest BCUT2D eigenvalue weighted by Gasteiger charge is 2.16. The summed E-state index contributed by atoms with van der Waals surface area (Å²) in [5.74, 6) is 0.489. The molecule has 0 aromatic heterocycles. The van der Waals surface area contributed by atoms with Gasteiger partial charge in [-0.25, -0.2) is 9.79 Å². The van der Waals surface area contributed by atoms with E-state index >= 15 is 0 Å². The number of carbonyl (C=O) groups excluding carboxylic acids is 1. The molecule has 1 amide bonds. The summed E-state index contributed by atoms with van der Waals surface area (Å²) in [5.41, 5.74) is 0. The van der Waals surface area contributed by atoms with Crippen molar-refractivity contribution >= 4 is 12.0 Å². The van der Waals surface area contributed by atoms with Crippen LogP contribution >= 0.6 is 0 Å². The summed E-state index contributed by atoms with van der Waals surface area (Å²) < 4.78 is 9.37. The summed E-state index contributed by atoms with van der Waals surface area (Å²) in [6.07, 6.45) is 2.60. The van der Waals surface area contributed by atoms with Gasteiger partial charge in [0.25, 0.3) is 0 Å². The van der Waals surface area contributed by atoms with Crippen LogP contribution in [0.2, 0.25) is 0 Å². The predicted octanol–water partition coefficient (Wildman–Crippen LogP) is 0.585. The van der Waals surface area contributed by atoms with Gasteiger partial charge < -0.3 is 9.47 Å². The van der Waals surface area contributed by atoms with Crippen molar-refractivity contribution in [3.63, 3.8) is 0 Å². The van der Waals surface area contributed by atoms with Crippen molar-refractivity contribution in [2.45, 2.75) is 0 Å². The molecule has 5 heteroatoms. The first-order chi connectivity index (χ1) is 5.77. The van der Waals surface area contributed by atoms with Crippen LogP contribution < -0.4 is 0 Å². The lowest BCUT2D eigenvalue weighted by atomic mass is 10.5. The van der Waals surface area contributed by atoms with E-state index in [0.717, 1.165) is 0 Å². The standard InChI is InChI=1S/C7H10N2O3/c1-11-6-5-9(4-3-8-6)7(10)12-2/h3-4H,5H2,1-2H3. The smallest absolute Gasteiger partial charge is 0.414 e. The summed E-state index contributed by atoms with van der Waals surface area (Å²) >= 11 is 0. The van der Waals surface area contributed by atoms with Gasteiger partial charge in [0.1, 0.15) is 6.54 Å². The zero-order valence-corrected chi connectivity index (χ0v) is 6.98. The molecule has 0 N–H and O–H groups in total. The molecule has 1 heterocycles. The molecule has 66 valence electrons. The van der Waals surface area contributed by atoms with E-state index in [1.807, 2.05) is 0 Å². The Bertz CT molecular complexity index is 235. The van der Waals surface area contributed by atoms with Crippen molar-refractivity contribution in [3.8, 4) is 0 Å². The first-order valence-electron chi connectivity index (χ1n) is 3.40. The second-order valence-electron chi connectivity index (χ2n) is 2.12. The monoisotopic (exact) mass is 170 g/mol. The molecule has 1 aliphatic rings. The average Bonchev–Trinajstić information content (AvgIpc) is 2.17. The lowest BCUT2D eigenvalue weighted by Crippen LogP contribution is -2.33. The van der Waals surface area contributed by atoms with Gasteiger partial charge in [0.05, 0.1) is 14.2 Å². The van der Waals surface area contributed by atoms with Crippen molar-refractivity contribution in [1.82, 2.24) is 4.90 Å². The molecule has 0 aromatic rings. The fourth-order valence-electron chi connectivity index (χ4n) is 0.796. The summed E-state index contributed by atoms with van der Waals surface area (Å²) in [7, 11) is 2.84. The number of nitrogens with zero attached hydrogens (tertiary/aromatic N) is 2. The fourth-order valence-corrected chi connectivity index (χ4v) is 0.796. The van der Waals surface area contributed by atoms with Crippen molar-refractivity contribution in [3.05, 3.63) is 12.4 Å². The van der Waals surface area contributed by atoms with E-state index in [-0.39, 0.29) is 0 Å². The van der Waals surface area contributed by atoms with Crippen LogP contribution in [0.5, 0.6) is 0 Å². The maximum atomic E-state index is 11.0. The van der Waals surface area contributed by atoms with E-state index in [0.29, 0.717) is 12.4 Å². The Hall–Kier alpha value is -1.52. The van der Waals surface area contributed by atoms with Crippen LogP contribution in [0.15, 0.2) is 17.4 Å². The van der Waals surface area contributed by atoms with Crippen LogP contribution in [0.1, 0.15) is 0 Å². The highest BCUT2D eigenvalue weighted by atomic mass is 16.5. The number of aliphatic imine (C=N–C) groups is 1. The number of methoxy groups -OCH3 is 2. The second kappa shape index (κ2) is 3.75. The molecule has 0 saturated carbocycles. The van der Waals surface area contributed by atoms with E-state index < -0.39 is 6.09 Å². The summed E-state index contributed by atoms with van der Waals surface area (Å²) in [4.78, 5) is 16.2. The van der Waals surface area contributed by atoms with Crippen molar-refractivity contribution in [2.24, 2.45) is 4.99 Å². The van der Waals surface area contributed by atoms with E-state index in [1.165, 1.54) is 31.5 Å². The maximum Gasteiger partial charge on any atom is 0.414 e. The molecule has 0 saturated heterocycles. The van der Waals surface area contributed by atoms with Gasteiger partial charge in [0.15, 0.2) is 0 Å². The normalized spacial score (nSPS) is 15.5. The summed E-state index contributed by atoms with van der Waals surface area (Å²) in [6.45, 7) is 0.319. The highest BCUT2D eigenvalue weighted by molar-refractivity contribution is 5.84. The SMILES string of the molecule is COC(=O)N1C=CN=C(OC)C1. The number of rotatable bonds is 0. The highest BCUT2D eigenvalue weighted by Crippen LogP contribution is 2.01. The molecule has 0 radical (unpaired) electrons. The number of hydrogen-bond acceptors (Lipinski definition) is 4. The molecule has 1 rings (SSSR count). The van der Waals surface area contributed by atoms with Crippen molar-refractivity contribution in [2.75, 3.05) is 20.8 Å². The molecule has 0 atom stereocenters. The van der Waals surface area contributed by atoms with Gasteiger partial charge in [-0.05, 0) is 0 Å². The van der Waals surface area contributed by atoms with Crippen LogP contribution in [0.25, 0.3) is 0 Å². The number of carbonyl (C=O) groups is 1. The number of amides is 1. The van der Waals surface area contributed by atoms with Gasteiger partial charge in [-0.3, -0.25) is 4.90 Å². The lowest BCUT2D eigenvalue weighted by Gasteiger charge is -2.18. The van der Waals surface area contributed by atoms with Crippen LogP contribution in [-0.2, 0) is 9.47 Å². The third-order valence-electron chi connectivity index (χ3n) is 1.42. The minimum Gasteiger partial charge on any atom is -0.483 e. The molecule has 0 fully saturated rings. The van der Waals surface area contributed by atoms with Gasteiger partial charge in [0, 0.05) is 12.4 Å². The predicted molar refractivity (Wildman–Crippen MR) is 42.7 cm³/mol. The van der Waals surface area contributed by atoms with Crippen molar-refractivity contribution < 1.29 is 14.3 Å². The van der Waals surface area contributed by atoms with Gasteiger partial charge in [-0.1, -0.05) is 0 Å². The summed E-state index contributed by atoms with van der Waals surface area (Å²) in [6, 6.07) is 0. The molecule has 1 aliphatic heterocycles. The Morgan fingerprint density at radius 3 is 3.00 bits per heavy atom. The quantitative estimate of drug-likeness (QED) is 0.534. The first-order valence-corrected chi connectivity index (χ1v) is 3.40. The molecule has 0 aliphatic carbocycles. The Labute approximate surface area is 70.3 Å². The Morgan fingerprint density at radius 1 is 1.67 bits per heavy atom. The third-order valence-corrected chi connectivity index (χ3v) is 1.42. The summed E-state index contributed by atoms with van der Waals surface area (Å²) in [5, 5.41) is 0. The minimum absolute atomic E-state index is 0.319. The number of hydrogen-bond donors (Lipinski definition) is 0. The molecule has 0 unspecified atom stereocenters. The largest absolute Gasteiger partial charge is 0.483 e. The molecular weight excluding hydrogens is 160 g/mol. The van der Waals surface area contributed by atoms with Crippen LogP contribution in [0.3, 0.4) is 0 Å². The fraction of sp³-hybridized carbons (Fsp3) is 0.429. The van der Waals surface area contributed by atoms with E-state index in [9.17, 15) is 4.79 Å². The van der Waals surface area contributed by atoms with Gasteiger partial charge >= 0.3 is 6.09 Å². The van der Waals surface area contributed by atoms with E-state index in [2.05, 4.69) is 9.73 Å². The van der Waals surface area contributed by atoms with Crippen LogP contribution in [-0.4, -0.2) is 37.7 Å². The molecule has 5 nitrogen and oxygen atoms in total. The van der Waals surface area contributed by atoms with E-state index in [4.69, 9.17) is 4.74 Å². The molecule has 0 spiro atoms. The molecule has 0 aromatic carbocycles. The average molecular weight is 170 g/mol. The van der Waals surface area contributed by atoms with Crippen LogP contribution in [0, 0.1) is 0 Å². The molecule has 12 heavy (non-hydrogen) atoms. The van der Waals surface area contributed by atoms with Gasteiger partial charge in [0.2, 0.25) is 5.90 Å². The Morgan fingerprint density at radius 2 is 2.42 bits per heavy atom. The molecular formula is C7H10N2O3. The first kappa shape index (κ1) is 8.58. The zero-order valence-electron chi connectivity index (χ0n) is 6.98. The van der Waals surface area contributed by atoms with Gasteiger partial charge in [-0.2, -0.15) is 0 Å².